The Morgan fingerprint density at radius 1 is 1.24 bits per heavy atom. The fourth-order valence-electron chi connectivity index (χ4n) is 3.30. The van der Waals surface area contributed by atoms with E-state index in [1.165, 1.54) is 12.1 Å². The predicted molar refractivity (Wildman–Crippen MR) is 117 cm³/mol. The van der Waals surface area contributed by atoms with Crippen molar-refractivity contribution in [3.8, 4) is 0 Å². The number of anilines is 1. The molecule has 8 nitrogen and oxygen atoms in total. The summed E-state index contributed by atoms with van der Waals surface area (Å²) in [5, 5.41) is 15.3. The van der Waals surface area contributed by atoms with Gasteiger partial charge in [-0.25, -0.2) is 14.4 Å². The first-order chi connectivity index (χ1) is 16.2. The summed E-state index contributed by atoms with van der Waals surface area (Å²) in [5.74, 6) is -5.58. The molecule has 176 valence electrons. The van der Waals surface area contributed by atoms with Gasteiger partial charge < -0.3 is 15.6 Å². The number of carbonyl (C=O) groups is 1. The fraction of sp³-hybridized carbons (Fsp3) is 0.182. The number of aromatic nitrogens is 4. The van der Waals surface area contributed by atoms with Crippen LogP contribution in [0.2, 0.25) is 5.02 Å². The lowest BCUT2D eigenvalue weighted by Gasteiger charge is -2.15. The molecule has 0 aliphatic rings. The van der Waals surface area contributed by atoms with E-state index in [9.17, 15) is 23.2 Å². The smallest absolute Gasteiger partial charge is 0.351 e. The van der Waals surface area contributed by atoms with Crippen LogP contribution in [0.5, 0.6) is 0 Å². The minimum absolute atomic E-state index is 0.114. The number of nitrogens with one attached hydrogen (secondary N) is 3. The Bertz CT molecular complexity index is 1350. The number of pyridine rings is 3. The molecule has 0 aliphatic heterocycles. The van der Waals surface area contributed by atoms with Crippen molar-refractivity contribution in [3.05, 3.63) is 82.8 Å². The third kappa shape index (κ3) is 5.04. The van der Waals surface area contributed by atoms with Gasteiger partial charge in [0.15, 0.2) is 11.6 Å². The molecule has 4 aromatic heterocycles. The van der Waals surface area contributed by atoms with E-state index in [0.717, 1.165) is 29.4 Å². The Labute approximate surface area is 196 Å². The molecule has 0 bridgehead atoms. The van der Waals surface area contributed by atoms with Gasteiger partial charge in [-0.2, -0.15) is 8.78 Å². The van der Waals surface area contributed by atoms with Crippen LogP contribution in [0.3, 0.4) is 0 Å². The minimum atomic E-state index is -3.55. The van der Waals surface area contributed by atoms with Gasteiger partial charge >= 0.3 is 11.6 Å². The van der Waals surface area contributed by atoms with Gasteiger partial charge in [0, 0.05) is 52.9 Å². The number of hydrogen-bond acceptors (Lipinski definition) is 5. The number of nitrogens with zero attached hydrogens (tertiary/aromatic N) is 3. The average Bonchev–Trinajstić information content (AvgIpc) is 3.28. The highest BCUT2D eigenvalue weighted by molar-refractivity contribution is 6.31. The molecule has 4 heterocycles. The molecule has 0 atom stereocenters. The monoisotopic (exact) mass is 491 g/mol. The molecular weight excluding hydrogens is 473 g/mol. The van der Waals surface area contributed by atoms with Gasteiger partial charge in [-0.1, -0.05) is 11.6 Å². The van der Waals surface area contributed by atoms with Gasteiger partial charge in [0.2, 0.25) is 12.1 Å². The van der Waals surface area contributed by atoms with Crippen molar-refractivity contribution in [2.24, 2.45) is 0 Å². The molecule has 34 heavy (non-hydrogen) atoms. The van der Waals surface area contributed by atoms with Crippen molar-refractivity contribution in [1.29, 1.82) is 0 Å². The number of hydrogen-bond donors (Lipinski definition) is 4. The Kier molecular flexibility index (Phi) is 6.55. The van der Waals surface area contributed by atoms with Crippen molar-refractivity contribution in [1.82, 2.24) is 20.3 Å². The van der Waals surface area contributed by atoms with E-state index < -0.39 is 42.1 Å². The molecule has 0 aromatic carbocycles. The summed E-state index contributed by atoms with van der Waals surface area (Å²) in [4.78, 5) is 23.3. The van der Waals surface area contributed by atoms with Crippen molar-refractivity contribution < 1.29 is 27.9 Å². The maximum Gasteiger partial charge on any atom is 0.351 e. The Hall–Kier alpha value is -3.86. The molecule has 1 amide bonds. The SMILES string of the molecule is O=C(Cc1c(Cl)cnc(NCC(F)(F)c2cccc[n+]2O)c1F)NCc1cnc2[nH]ccc2c1. The molecule has 4 rings (SSSR count). The molecule has 0 radical (unpaired) electrons. The normalized spacial score (nSPS) is 11.5. The van der Waals surface area contributed by atoms with E-state index in [-0.39, 0.29) is 21.9 Å². The lowest BCUT2D eigenvalue weighted by molar-refractivity contribution is -0.913. The highest BCUT2D eigenvalue weighted by Crippen LogP contribution is 2.28. The second-order valence-electron chi connectivity index (χ2n) is 7.45. The van der Waals surface area contributed by atoms with Crippen LogP contribution in [0, 0.1) is 5.82 Å². The van der Waals surface area contributed by atoms with Crippen LogP contribution in [0.4, 0.5) is 19.0 Å². The van der Waals surface area contributed by atoms with E-state index in [4.69, 9.17) is 11.6 Å². The molecule has 0 spiro atoms. The lowest BCUT2D eigenvalue weighted by atomic mass is 10.1. The van der Waals surface area contributed by atoms with Crippen LogP contribution < -0.4 is 15.4 Å². The van der Waals surface area contributed by atoms with Crippen molar-refractivity contribution in [2.45, 2.75) is 18.9 Å². The molecular formula is C22H19ClF3N6O2+. The maximum atomic E-state index is 15.0. The standard InChI is InChI=1S/C22H18ClF3N6O2/c23-16-11-30-21(31-12-22(25,26)17-3-1-2-6-32(17)34)19(24)15(16)8-18(33)28-9-13-7-14-4-5-27-20(14)29-10-13/h1-7,10-11H,8-9,12H2,(H3-,27,28,29,30,31,33,34)/p+1. The number of halogens is 4. The summed E-state index contributed by atoms with van der Waals surface area (Å²) in [6.45, 7) is -0.893. The van der Waals surface area contributed by atoms with Crippen molar-refractivity contribution >= 4 is 34.4 Å². The first-order valence-electron chi connectivity index (χ1n) is 10.1. The van der Waals surface area contributed by atoms with Gasteiger partial charge in [-0.3, -0.25) is 10.0 Å². The lowest BCUT2D eigenvalue weighted by Crippen LogP contribution is -2.43. The van der Waals surface area contributed by atoms with E-state index >= 15 is 0 Å². The maximum absolute atomic E-state index is 15.0. The predicted octanol–water partition coefficient (Wildman–Crippen LogP) is 3.34. The second-order valence-corrected chi connectivity index (χ2v) is 7.86. The highest BCUT2D eigenvalue weighted by atomic mass is 35.5. The van der Waals surface area contributed by atoms with Crippen LogP contribution >= 0.6 is 11.6 Å². The molecule has 0 saturated heterocycles. The van der Waals surface area contributed by atoms with Crippen molar-refractivity contribution in [3.63, 3.8) is 0 Å². The van der Waals surface area contributed by atoms with Crippen LogP contribution in [-0.4, -0.2) is 32.6 Å². The zero-order valence-electron chi connectivity index (χ0n) is 17.5. The summed E-state index contributed by atoms with van der Waals surface area (Å²) in [6.07, 6.45) is 5.05. The van der Waals surface area contributed by atoms with E-state index in [1.807, 2.05) is 12.1 Å². The van der Waals surface area contributed by atoms with E-state index in [0.29, 0.717) is 5.65 Å². The number of aromatic amines is 1. The quantitative estimate of drug-likeness (QED) is 0.223. The van der Waals surface area contributed by atoms with Crippen LogP contribution in [0.15, 0.2) is 55.1 Å². The number of alkyl halides is 2. The van der Waals surface area contributed by atoms with Gasteiger partial charge in [0.25, 0.3) is 0 Å². The Morgan fingerprint density at radius 2 is 2.06 bits per heavy atom. The third-order valence-corrected chi connectivity index (χ3v) is 5.37. The first-order valence-corrected chi connectivity index (χ1v) is 10.5. The van der Waals surface area contributed by atoms with Crippen molar-refractivity contribution in [2.75, 3.05) is 11.9 Å². The van der Waals surface area contributed by atoms with Gasteiger partial charge in [0.05, 0.1) is 18.0 Å². The second kappa shape index (κ2) is 9.56. The molecule has 0 saturated carbocycles. The largest absolute Gasteiger partial charge is 0.361 e. The third-order valence-electron chi connectivity index (χ3n) is 5.04. The van der Waals surface area contributed by atoms with Crippen LogP contribution in [0.25, 0.3) is 11.0 Å². The van der Waals surface area contributed by atoms with E-state index in [2.05, 4.69) is 25.6 Å². The average molecular weight is 492 g/mol. The number of carbonyl (C=O) groups excluding carboxylic acids is 1. The molecule has 4 N–H and O–H groups in total. The molecule has 0 aliphatic carbocycles. The number of H-pyrrole nitrogens is 1. The van der Waals surface area contributed by atoms with Crippen LogP contribution in [-0.2, 0) is 23.7 Å². The van der Waals surface area contributed by atoms with E-state index in [1.54, 1.807) is 12.4 Å². The zero-order chi connectivity index (χ0) is 24.3. The summed E-state index contributed by atoms with van der Waals surface area (Å²) >= 11 is 6.01. The molecule has 4 aromatic rings. The van der Waals surface area contributed by atoms with Gasteiger partial charge in [-0.05, 0) is 23.8 Å². The topological polar surface area (TPSA) is 107 Å². The number of rotatable bonds is 8. The van der Waals surface area contributed by atoms with Crippen LogP contribution in [0.1, 0.15) is 16.8 Å². The minimum Gasteiger partial charge on any atom is -0.361 e. The summed E-state index contributed by atoms with van der Waals surface area (Å²) in [5.41, 5.74) is 0.584. The van der Waals surface area contributed by atoms with Gasteiger partial charge in [0.1, 0.15) is 5.65 Å². The Balaban J connectivity index is 1.42. The first kappa shape index (κ1) is 23.3. The molecule has 0 unspecified atom stereocenters. The molecule has 12 heteroatoms. The summed E-state index contributed by atoms with van der Waals surface area (Å²) in [6, 6.07) is 7.44. The van der Waals surface area contributed by atoms with Gasteiger partial charge in [-0.15, -0.1) is 0 Å². The number of amides is 1. The zero-order valence-corrected chi connectivity index (χ0v) is 18.3. The highest BCUT2D eigenvalue weighted by Gasteiger charge is 2.41. The molecule has 0 fully saturated rings. The number of fused-ring (bicyclic) bond motifs is 1. The Morgan fingerprint density at radius 3 is 2.85 bits per heavy atom. The summed E-state index contributed by atoms with van der Waals surface area (Å²) in [7, 11) is 0. The summed E-state index contributed by atoms with van der Waals surface area (Å²) < 4.78 is 44.2. The fourth-order valence-corrected chi connectivity index (χ4v) is 3.50.